The lowest BCUT2D eigenvalue weighted by Crippen LogP contribution is -2.49. The van der Waals surface area contributed by atoms with Crippen LogP contribution in [0, 0.1) is 13.8 Å². The minimum atomic E-state index is -0.451. The van der Waals surface area contributed by atoms with E-state index in [4.69, 9.17) is 0 Å². The molecule has 0 aromatic heterocycles. The summed E-state index contributed by atoms with van der Waals surface area (Å²) in [4.78, 5) is 28.6. The van der Waals surface area contributed by atoms with Gasteiger partial charge in [0.05, 0.1) is 0 Å². The molecule has 156 valence electrons. The number of nitrogens with one attached hydrogen (secondary N) is 1. The summed E-state index contributed by atoms with van der Waals surface area (Å²) >= 11 is 1.67. The summed E-state index contributed by atoms with van der Waals surface area (Å²) in [6.45, 7) is 8.96. The lowest BCUT2D eigenvalue weighted by Gasteiger charge is -2.30. The summed E-state index contributed by atoms with van der Waals surface area (Å²) in [6.07, 6.45) is 0.995. The molecular weight excluding hydrogens is 380 g/mol. The SMILES string of the molecule is CCNC(=O)[C@@H](CC)N(Cc1ccc(C)cc1)C(=O)CCSc1ccc(C)cc1. The molecule has 0 aliphatic rings. The number of carbonyl (C=O) groups excluding carboxylic acids is 2. The standard InChI is InChI=1S/C24H32N2O2S/c1-5-22(24(28)25-6-2)26(17-20-11-7-18(3)8-12-20)23(27)15-16-29-21-13-9-19(4)10-14-21/h7-14,22H,5-6,15-17H2,1-4H3,(H,25,28)/t22-/m1/s1. The molecule has 2 aromatic rings. The van der Waals surface area contributed by atoms with Crippen molar-refractivity contribution in [3.8, 4) is 0 Å². The molecule has 2 rings (SSSR count). The highest BCUT2D eigenvalue weighted by molar-refractivity contribution is 7.99. The maximum absolute atomic E-state index is 13.1. The molecule has 0 spiro atoms. The normalized spacial score (nSPS) is 11.7. The molecule has 0 saturated heterocycles. The van der Waals surface area contributed by atoms with E-state index in [1.165, 1.54) is 11.1 Å². The molecule has 0 bridgehead atoms. The molecule has 5 heteroatoms. The number of likely N-dealkylation sites (N-methyl/N-ethyl adjacent to an activating group) is 1. The second kappa shape index (κ2) is 11.7. The number of benzene rings is 2. The van der Waals surface area contributed by atoms with Gasteiger partial charge in [-0.25, -0.2) is 0 Å². The van der Waals surface area contributed by atoms with Crippen LogP contribution in [-0.4, -0.2) is 35.1 Å². The van der Waals surface area contributed by atoms with Crippen LogP contribution in [0.25, 0.3) is 0 Å². The second-order valence-corrected chi connectivity index (χ2v) is 8.41. The molecule has 1 atom stereocenters. The van der Waals surface area contributed by atoms with Crippen molar-refractivity contribution in [3.05, 3.63) is 65.2 Å². The predicted molar refractivity (Wildman–Crippen MR) is 121 cm³/mol. The molecule has 0 radical (unpaired) electrons. The van der Waals surface area contributed by atoms with E-state index in [-0.39, 0.29) is 11.8 Å². The van der Waals surface area contributed by atoms with E-state index in [1.54, 1.807) is 16.7 Å². The monoisotopic (exact) mass is 412 g/mol. The van der Waals surface area contributed by atoms with Gasteiger partial charge in [0.2, 0.25) is 11.8 Å². The number of thioether (sulfide) groups is 1. The van der Waals surface area contributed by atoms with Gasteiger partial charge in [0, 0.05) is 30.2 Å². The van der Waals surface area contributed by atoms with Crippen LogP contribution in [0.2, 0.25) is 0 Å². The smallest absolute Gasteiger partial charge is 0.242 e. The molecule has 2 aromatic carbocycles. The van der Waals surface area contributed by atoms with Gasteiger partial charge in [0.25, 0.3) is 0 Å². The Kier molecular flexibility index (Phi) is 9.26. The highest BCUT2D eigenvalue weighted by Gasteiger charge is 2.28. The minimum absolute atomic E-state index is 0.0169. The number of carbonyl (C=O) groups is 2. The molecule has 0 fully saturated rings. The van der Waals surface area contributed by atoms with Gasteiger partial charge >= 0.3 is 0 Å². The summed E-state index contributed by atoms with van der Waals surface area (Å²) in [6, 6.07) is 16.0. The molecule has 0 heterocycles. The van der Waals surface area contributed by atoms with Crippen molar-refractivity contribution in [1.82, 2.24) is 10.2 Å². The van der Waals surface area contributed by atoms with Crippen LogP contribution in [0.15, 0.2) is 53.4 Å². The molecule has 0 saturated carbocycles. The van der Waals surface area contributed by atoms with Gasteiger partial charge in [-0.05, 0) is 44.9 Å². The zero-order valence-electron chi connectivity index (χ0n) is 17.9. The van der Waals surface area contributed by atoms with Crippen molar-refractivity contribution in [2.75, 3.05) is 12.3 Å². The quantitative estimate of drug-likeness (QED) is 0.574. The third-order valence-corrected chi connectivity index (χ3v) is 5.83. The van der Waals surface area contributed by atoms with Gasteiger partial charge < -0.3 is 10.2 Å². The molecule has 0 unspecified atom stereocenters. The van der Waals surface area contributed by atoms with Crippen LogP contribution in [0.1, 0.15) is 43.4 Å². The molecule has 4 nitrogen and oxygen atoms in total. The highest BCUT2D eigenvalue weighted by atomic mass is 32.2. The van der Waals surface area contributed by atoms with Gasteiger partial charge in [-0.1, -0.05) is 54.4 Å². The Morgan fingerprint density at radius 1 is 0.966 bits per heavy atom. The van der Waals surface area contributed by atoms with E-state index in [9.17, 15) is 9.59 Å². The van der Waals surface area contributed by atoms with Crippen molar-refractivity contribution in [1.29, 1.82) is 0 Å². The fraction of sp³-hybridized carbons (Fsp3) is 0.417. The topological polar surface area (TPSA) is 49.4 Å². The first-order chi connectivity index (χ1) is 13.9. The summed E-state index contributed by atoms with van der Waals surface area (Å²) in [5.74, 6) is 0.628. The summed E-state index contributed by atoms with van der Waals surface area (Å²) in [7, 11) is 0. The Labute approximate surface area is 179 Å². The Morgan fingerprint density at radius 3 is 2.10 bits per heavy atom. The van der Waals surface area contributed by atoms with E-state index in [0.29, 0.717) is 31.7 Å². The van der Waals surface area contributed by atoms with Gasteiger partial charge in [-0.2, -0.15) is 0 Å². The minimum Gasteiger partial charge on any atom is -0.355 e. The van der Waals surface area contributed by atoms with Crippen LogP contribution < -0.4 is 5.32 Å². The van der Waals surface area contributed by atoms with Crippen molar-refractivity contribution < 1.29 is 9.59 Å². The summed E-state index contributed by atoms with van der Waals surface area (Å²) < 4.78 is 0. The Bertz CT molecular complexity index is 788. The number of amides is 2. The number of hydrogen-bond acceptors (Lipinski definition) is 3. The van der Waals surface area contributed by atoms with E-state index in [1.807, 2.05) is 45.0 Å². The number of nitrogens with zero attached hydrogens (tertiary/aromatic N) is 1. The van der Waals surface area contributed by atoms with E-state index in [0.717, 1.165) is 10.5 Å². The van der Waals surface area contributed by atoms with E-state index < -0.39 is 6.04 Å². The van der Waals surface area contributed by atoms with E-state index in [2.05, 4.69) is 36.5 Å². The number of hydrogen-bond donors (Lipinski definition) is 1. The lowest BCUT2D eigenvalue weighted by atomic mass is 10.1. The van der Waals surface area contributed by atoms with Crippen molar-refractivity contribution in [2.24, 2.45) is 0 Å². The summed E-state index contributed by atoms with van der Waals surface area (Å²) in [5.41, 5.74) is 3.44. The van der Waals surface area contributed by atoms with Gasteiger partial charge in [0.15, 0.2) is 0 Å². The van der Waals surface area contributed by atoms with Gasteiger partial charge in [0.1, 0.15) is 6.04 Å². The molecule has 29 heavy (non-hydrogen) atoms. The second-order valence-electron chi connectivity index (χ2n) is 7.24. The van der Waals surface area contributed by atoms with Crippen molar-refractivity contribution in [2.45, 2.75) is 58.0 Å². The van der Waals surface area contributed by atoms with Crippen molar-refractivity contribution in [3.63, 3.8) is 0 Å². The average Bonchev–Trinajstić information content (AvgIpc) is 2.71. The maximum atomic E-state index is 13.1. The zero-order valence-corrected chi connectivity index (χ0v) is 18.7. The molecule has 1 N–H and O–H groups in total. The van der Waals surface area contributed by atoms with Crippen LogP contribution in [0.5, 0.6) is 0 Å². The molecule has 0 aliphatic carbocycles. The van der Waals surface area contributed by atoms with E-state index >= 15 is 0 Å². The fourth-order valence-corrected chi connectivity index (χ4v) is 3.98. The van der Waals surface area contributed by atoms with Crippen molar-refractivity contribution >= 4 is 23.6 Å². The fourth-order valence-electron chi connectivity index (χ4n) is 3.14. The summed E-state index contributed by atoms with van der Waals surface area (Å²) in [5, 5.41) is 2.88. The zero-order chi connectivity index (χ0) is 21.2. The Balaban J connectivity index is 2.08. The highest BCUT2D eigenvalue weighted by Crippen LogP contribution is 2.21. The lowest BCUT2D eigenvalue weighted by molar-refractivity contribution is -0.141. The largest absolute Gasteiger partial charge is 0.355 e. The number of aryl methyl sites for hydroxylation is 2. The molecule has 0 aliphatic heterocycles. The van der Waals surface area contributed by atoms with Gasteiger partial charge in [-0.3, -0.25) is 9.59 Å². The number of rotatable bonds is 10. The Hall–Kier alpha value is -2.27. The van der Waals surface area contributed by atoms with Crippen LogP contribution >= 0.6 is 11.8 Å². The molecule has 2 amide bonds. The third-order valence-electron chi connectivity index (χ3n) is 4.82. The van der Waals surface area contributed by atoms with Crippen LogP contribution in [-0.2, 0) is 16.1 Å². The first-order valence-electron chi connectivity index (χ1n) is 10.3. The Morgan fingerprint density at radius 2 is 1.55 bits per heavy atom. The first-order valence-corrected chi connectivity index (χ1v) is 11.2. The average molecular weight is 413 g/mol. The molecular formula is C24H32N2O2S. The third kappa shape index (κ3) is 7.24. The maximum Gasteiger partial charge on any atom is 0.242 e. The van der Waals surface area contributed by atoms with Crippen LogP contribution in [0.4, 0.5) is 0 Å². The predicted octanol–water partition coefficient (Wildman–Crippen LogP) is 4.73. The van der Waals surface area contributed by atoms with Gasteiger partial charge in [-0.15, -0.1) is 11.8 Å². The first kappa shape index (κ1) is 23.0. The van der Waals surface area contributed by atoms with Crippen LogP contribution in [0.3, 0.4) is 0 Å².